The van der Waals surface area contributed by atoms with Gasteiger partial charge >= 0.3 is 0 Å². The lowest BCUT2D eigenvalue weighted by Crippen LogP contribution is -2.25. The van der Waals surface area contributed by atoms with Gasteiger partial charge in [0.2, 0.25) is 0 Å². The van der Waals surface area contributed by atoms with Gasteiger partial charge in [-0.1, -0.05) is 32.0 Å². The normalized spacial score (nSPS) is 14.0. The standard InChI is InChI=1S/C14H19N3O/c1-3-10-6-5-7-11(4-2)12(10)13(18)17-14-15-8-9-16-14/h5-7H,3-4,8-9H2,1-2H3,(H2,15,16,17,18). The average Bonchev–Trinajstić information content (AvgIpc) is 2.90. The predicted octanol–water partition coefficient (Wildman–Crippen LogP) is 1.50. The minimum absolute atomic E-state index is 0.152. The molecule has 1 aromatic carbocycles. The van der Waals surface area contributed by atoms with E-state index < -0.39 is 0 Å². The van der Waals surface area contributed by atoms with Crippen LogP contribution in [0.25, 0.3) is 0 Å². The van der Waals surface area contributed by atoms with Crippen molar-refractivity contribution in [3.63, 3.8) is 0 Å². The molecule has 1 aliphatic heterocycles. The van der Waals surface area contributed by atoms with Gasteiger partial charge in [0.05, 0.1) is 0 Å². The number of aliphatic imine (C=N–C) groups is 1. The third kappa shape index (κ3) is 2.53. The molecule has 1 fully saturated rings. The summed E-state index contributed by atoms with van der Waals surface area (Å²) in [6.07, 6.45) is 1.70. The largest absolute Gasteiger partial charge is 0.354 e. The van der Waals surface area contributed by atoms with E-state index in [1.165, 1.54) is 0 Å². The molecule has 1 amide bonds. The Morgan fingerprint density at radius 3 is 2.22 bits per heavy atom. The molecule has 1 aromatic rings. The molecule has 1 heterocycles. The van der Waals surface area contributed by atoms with Crippen molar-refractivity contribution in [1.82, 2.24) is 10.6 Å². The molecule has 1 aliphatic rings. The fourth-order valence-electron chi connectivity index (χ4n) is 2.18. The van der Waals surface area contributed by atoms with E-state index in [1.54, 1.807) is 0 Å². The van der Waals surface area contributed by atoms with Gasteiger partial charge in [0.25, 0.3) is 5.91 Å². The maximum atomic E-state index is 12.3. The van der Waals surface area contributed by atoms with Gasteiger partial charge < -0.3 is 10.6 Å². The Morgan fingerprint density at radius 2 is 1.72 bits per heavy atom. The maximum Gasteiger partial charge on any atom is 0.280 e. The number of aryl methyl sites for hydroxylation is 2. The third-order valence-corrected chi connectivity index (χ3v) is 3.14. The number of nitrogens with zero attached hydrogens (tertiary/aromatic N) is 1. The highest BCUT2D eigenvalue weighted by Gasteiger charge is 2.16. The van der Waals surface area contributed by atoms with Crippen LogP contribution in [0.1, 0.15) is 35.3 Å². The van der Waals surface area contributed by atoms with Gasteiger partial charge in [-0.15, -0.1) is 0 Å². The summed E-state index contributed by atoms with van der Waals surface area (Å²) in [7, 11) is 0. The van der Waals surface area contributed by atoms with Crippen molar-refractivity contribution >= 4 is 11.9 Å². The molecule has 96 valence electrons. The van der Waals surface area contributed by atoms with Gasteiger partial charge in [-0.05, 0) is 24.0 Å². The zero-order valence-electron chi connectivity index (χ0n) is 10.9. The van der Waals surface area contributed by atoms with Crippen LogP contribution in [-0.4, -0.2) is 25.0 Å². The molecule has 2 N–H and O–H groups in total. The Kier molecular flexibility index (Phi) is 3.97. The molecule has 0 spiro atoms. The molecule has 0 bridgehead atoms. The second kappa shape index (κ2) is 5.67. The van der Waals surface area contributed by atoms with Gasteiger partial charge in [-0.3, -0.25) is 4.79 Å². The molecule has 1 saturated heterocycles. The zero-order valence-corrected chi connectivity index (χ0v) is 10.9. The molecule has 0 radical (unpaired) electrons. The summed E-state index contributed by atoms with van der Waals surface area (Å²) in [5.41, 5.74) is 2.91. The summed E-state index contributed by atoms with van der Waals surface area (Å²) < 4.78 is 0. The second-order valence-electron chi connectivity index (χ2n) is 4.28. The first-order chi connectivity index (χ1) is 8.76. The van der Waals surface area contributed by atoms with Crippen LogP contribution in [0.3, 0.4) is 0 Å². The Labute approximate surface area is 108 Å². The molecule has 0 aliphatic carbocycles. The van der Waals surface area contributed by atoms with Gasteiger partial charge in [-0.2, -0.15) is 4.99 Å². The van der Waals surface area contributed by atoms with E-state index in [0.717, 1.165) is 42.6 Å². The lowest BCUT2D eigenvalue weighted by atomic mass is 9.97. The molecule has 4 heteroatoms. The molecular formula is C14H19N3O. The van der Waals surface area contributed by atoms with E-state index in [2.05, 4.69) is 29.5 Å². The van der Waals surface area contributed by atoms with E-state index in [-0.39, 0.29) is 5.91 Å². The molecule has 0 saturated carbocycles. The van der Waals surface area contributed by atoms with Crippen LogP contribution in [0.15, 0.2) is 23.2 Å². The fraction of sp³-hybridized carbons (Fsp3) is 0.429. The molecule has 4 nitrogen and oxygen atoms in total. The highest BCUT2D eigenvalue weighted by molar-refractivity contribution is 6.04. The van der Waals surface area contributed by atoms with Gasteiger partial charge in [0, 0.05) is 18.7 Å². The maximum absolute atomic E-state index is 12.3. The Hall–Kier alpha value is -1.84. The van der Waals surface area contributed by atoms with E-state index >= 15 is 0 Å². The summed E-state index contributed by atoms with van der Waals surface area (Å²) in [4.78, 5) is 16.4. The highest BCUT2D eigenvalue weighted by Crippen LogP contribution is 2.17. The number of carbonyl (C=O) groups excluding carboxylic acids is 1. The van der Waals surface area contributed by atoms with Gasteiger partial charge in [0.15, 0.2) is 5.96 Å². The molecule has 18 heavy (non-hydrogen) atoms. The number of hydrogen-bond acceptors (Lipinski definition) is 1. The summed E-state index contributed by atoms with van der Waals surface area (Å²) in [6.45, 7) is 5.76. The van der Waals surface area contributed by atoms with Crippen molar-refractivity contribution in [2.24, 2.45) is 4.99 Å². The number of hydrogen-bond donors (Lipinski definition) is 2. The Balaban J connectivity index is 2.36. The smallest absolute Gasteiger partial charge is 0.280 e. The molecular weight excluding hydrogens is 226 g/mol. The first kappa shape index (κ1) is 12.6. The van der Waals surface area contributed by atoms with Crippen LogP contribution in [0, 0.1) is 0 Å². The third-order valence-electron chi connectivity index (χ3n) is 3.14. The number of nitrogens with one attached hydrogen (secondary N) is 2. The molecule has 2 rings (SSSR count). The van der Waals surface area contributed by atoms with Crippen molar-refractivity contribution < 1.29 is 4.79 Å². The number of carbonyl (C=O) groups is 1. The predicted molar refractivity (Wildman–Crippen MR) is 73.0 cm³/mol. The van der Waals surface area contributed by atoms with Crippen LogP contribution in [-0.2, 0) is 12.8 Å². The molecule has 0 aromatic heterocycles. The average molecular weight is 245 g/mol. The van der Waals surface area contributed by atoms with Crippen molar-refractivity contribution in [1.29, 1.82) is 0 Å². The Bertz CT molecular complexity index is 450. The van der Waals surface area contributed by atoms with Crippen molar-refractivity contribution in [2.75, 3.05) is 13.1 Å². The van der Waals surface area contributed by atoms with E-state index in [0.29, 0.717) is 5.96 Å². The zero-order chi connectivity index (χ0) is 13.0. The van der Waals surface area contributed by atoms with Gasteiger partial charge in [0.1, 0.15) is 0 Å². The summed E-state index contributed by atoms with van der Waals surface area (Å²) in [5.74, 6) is 0.439. The number of guanidine groups is 1. The van der Waals surface area contributed by atoms with Crippen LogP contribution in [0.2, 0.25) is 0 Å². The minimum atomic E-state index is -0.152. The minimum Gasteiger partial charge on any atom is -0.354 e. The fourth-order valence-corrected chi connectivity index (χ4v) is 2.18. The van der Waals surface area contributed by atoms with Crippen molar-refractivity contribution in [3.8, 4) is 0 Å². The lowest BCUT2D eigenvalue weighted by molar-refractivity contribution is 0.100. The van der Waals surface area contributed by atoms with Crippen LogP contribution in [0.4, 0.5) is 0 Å². The number of rotatable bonds is 3. The van der Waals surface area contributed by atoms with Crippen molar-refractivity contribution in [3.05, 3.63) is 34.9 Å². The first-order valence-corrected chi connectivity index (χ1v) is 6.47. The topological polar surface area (TPSA) is 53.5 Å². The summed E-state index contributed by atoms with van der Waals surface area (Å²) in [6, 6.07) is 6.01. The van der Waals surface area contributed by atoms with E-state index in [9.17, 15) is 4.79 Å². The number of amides is 1. The van der Waals surface area contributed by atoms with Crippen LogP contribution in [0.5, 0.6) is 0 Å². The van der Waals surface area contributed by atoms with Crippen LogP contribution < -0.4 is 10.6 Å². The SMILES string of the molecule is CCc1cccc(CC)c1C(=O)N=C1NCCN1. The second-order valence-corrected chi connectivity index (χ2v) is 4.28. The van der Waals surface area contributed by atoms with Crippen LogP contribution >= 0.6 is 0 Å². The Morgan fingerprint density at radius 1 is 1.17 bits per heavy atom. The summed E-state index contributed by atoms with van der Waals surface area (Å²) in [5, 5.41) is 6.10. The quantitative estimate of drug-likeness (QED) is 0.848. The summed E-state index contributed by atoms with van der Waals surface area (Å²) >= 11 is 0. The van der Waals surface area contributed by atoms with E-state index in [1.807, 2.05) is 18.2 Å². The molecule has 0 unspecified atom stereocenters. The lowest BCUT2D eigenvalue weighted by Gasteiger charge is -2.09. The highest BCUT2D eigenvalue weighted by atomic mass is 16.1. The van der Waals surface area contributed by atoms with E-state index in [4.69, 9.17) is 0 Å². The number of benzene rings is 1. The monoisotopic (exact) mass is 245 g/mol. The molecule has 0 atom stereocenters. The van der Waals surface area contributed by atoms with Crippen molar-refractivity contribution in [2.45, 2.75) is 26.7 Å². The first-order valence-electron chi connectivity index (χ1n) is 6.47. The van der Waals surface area contributed by atoms with Gasteiger partial charge in [-0.25, -0.2) is 0 Å².